The van der Waals surface area contributed by atoms with Gasteiger partial charge in [-0.3, -0.25) is 4.79 Å². The van der Waals surface area contributed by atoms with E-state index in [-0.39, 0.29) is 11.7 Å². The van der Waals surface area contributed by atoms with Crippen LogP contribution in [0.3, 0.4) is 0 Å². The second kappa shape index (κ2) is 9.27. The average Bonchev–Trinajstić information content (AvgIpc) is 3.16. The first-order chi connectivity index (χ1) is 13.7. The molecule has 28 heavy (non-hydrogen) atoms. The number of rotatable bonds is 8. The second-order valence-corrected chi connectivity index (χ2v) is 6.76. The van der Waals surface area contributed by atoms with Gasteiger partial charge in [0.15, 0.2) is 11.0 Å². The predicted molar refractivity (Wildman–Crippen MR) is 110 cm³/mol. The van der Waals surface area contributed by atoms with Crippen molar-refractivity contribution in [3.63, 3.8) is 0 Å². The number of carbonyl (C=O) groups is 1. The number of methoxy groups -OCH3 is 2. The number of anilines is 1. The number of aromatic nitrogens is 3. The van der Waals surface area contributed by atoms with Gasteiger partial charge in [-0.2, -0.15) is 0 Å². The smallest absolute Gasteiger partial charge is 0.234 e. The van der Waals surface area contributed by atoms with Crippen LogP contribution in [0.4, 0.5) is 5.69 Å². The van der Waals surface area contributed by atoms with Crippen LogP contribution in [0, 0.1) is 0 Å². The van der Waals surface area contributed by atoms with E-state index < -0.39 is 0 Å². The maximum atomic E-state index is 12.4. The van der Waals surface area contributed by atoms with Crippen LogP contribution >= 0.6 is 11.8 Å². The van der Waals surface area contributed by atoms with Gasteiger partial charge in [0.1, 0.15) is 11.5 Å². The summed E-state index contributed by atoms with van der Waals surface area (Å²) in [6.45, 7) is 2.75. The van der Waals surface area contributed by atoms with Crippen LogP contribution in [0.5, 0.6) is 11.5 Å². The molecule has 0 atom stereocenters. The molecular formula is C20H22N4O3S. The highest BCUT2D eigenvalue weighted by Crippen LogP contribution is 2.29. The molecule has 0 bridgehead atoms. The molecule has 1 aromatic heterocycles. The Hall–Kier alpha value is -3.00. The van der Waals surface area contributed by atoms with Gasteiger partial charge in [0, 0.05) is 18.2 Å². The Morgan fingerprint density at radius 1 is 1.11 bits per heavy atom. The number of benzene rings is 2. The van der Waals surface area contributed by atoms with Crippen molar-refractivity contribution in [2.45, 2.75) is 18.6 Å². The highest BCUT2D eigenvalue weighted by atomic mass is 32.2. The zero-order valence-corrected chi connectivity index (χ0v) is 16.8. The van der Waals surface area contributed by atoms with E-state index in [1.54, 1.807) is 32.4 Å². The Morgan fingerprint density at radius 3 is 2.57 bits per heavy atom. The van der Waals surface area contributed by atoms with E-state index in [9.17, 15) is 4.79 Å². The summed E-state index contributed by atoms with van der Waals surface area (Å²) >= 11 is 1.35. The van der Waals surface area contributed by atoms with Crippen molar-refractivity contribution >= 4 is 23.4 Å². The van der Waals surface area contributed by atoms with Crippen molar-refractivity contribution in [1.29, 1.82) is 0 Å². The first-order valence-electron chi connectivity index (χ1n) is 8.79. The molecule has 8 heteroatoms. The Morgan fingerprint density at radius 2 is 1.89 bits per heavy atom. The molecule has 0 saturated heterocycles. The van der Waals surface area contributed by atoms with Crippen molar-refractivity contribution in [2.24, 2.45) is 0 Å². The van der Waals surface area contributed by atoms with Crippen molar-refractivity contribution in [3.05, 3.63) is 48.5 Å². The maximum Gasteiger partial charge on any atom is 0.234 e. The normalized spacial score (nSPS) is 10.5. The summed E-state index contributed by atoms with van der Waals surface area (Å²) in [5, 5.41) is 12.1. The van der Waals surface area contributed by atoms with E-state index in [0.717, 1.165) is 11.4 Å². The number of nitrogens with one attached hydrogen (secondary N) is 1. The number of amides is 1. The molecule has 0 saturated carbocycles. The molecule has 0 aliphatic carbocycles. The molecular weight excluding hydrogens is 376 g/mol. The maximum absolute atomic E-state index is 12.4. The fourth-order valence-corrected chi connectivity index (χ4v) is 3.50. The number of carbonyl (C=O) groups excluding carboxylic acids is 1. The van der Waals surface area contributed by atoms with E-state index >= 15 is 0 Å². The third-order valence-corrected chi connectivity index (χ3v) is 5.05. The van der Waals surface area contributed by atoms with Crippen LogP contribution in [0.15, 0.2) is 53.7 Å². The van der Waals surface area contributed by atoms with E-state index in [1.807, 2.05) is 41.8 Å². The Bertz CT molecular complexity index is 944. The van der Waals surface area contributed by atoms with Crippen LogP contribution in [0.25, 0.3) is 11.4 Å². The zero-order chi connectivity index (χ0) is 19.9. The van der Waals surface area contributed by atoms with Crippen molar-refractivity contribution in [2.75, 3.05) is 25.3 Å². The summed E-state index contributed by atoms with van der Waals surface area (Å²) in [6, 6.07) is 15.1. The lowest BCUT2D eigenvalue weighted by Crippen LogP contribution is -2.15. The lowest BCUT2D eigenvalue weighted by Gasteiger charge is -2.11. The van der Waals surface area contributed by atoms with E-state index in [2.05, 4.69) is 15.5 Å². The van der Waals surface area contributed by atoms with Gasteiger partial charge in [0.2, 0.25) is 5.91 Å². The third-order valence-electron chi connectivity index (χ3n) is 4.08. The molecule has 1 heterocycles. The Balaban J connectivity index is 1.68. The highest BCUT2D eigenvalue weighted by molar-refractivity contribution is 7.99. The summed E-state index contributed by atoms with van der Waals surface area (Å²) in [4.78, 5) is 12.4. The quantitative estimate of drug-likeness (QED) is 0.583. The molecule has 1 N–H and O–H groups in total. The van der Waals surface area contributed by atoms with Gasteiger partial charge in [-0.1, -0.05) is 42.1 Å². The SMILES string of the molecule is CCn1c(SCC(=O)Nc2ccc(OC)cc2OC)nnc1-c1ccccc1. The molecule has 0 fully saturated rings. The standard InChI is InChI=1S/C20H22N4O3S/c1-4-24-19(14-8-6-5-7-9-14)22-23-20(24)28-13-18(25)21-16-11-10-15(26-2)12-17(16)27-3/h5-12H,4,13H2,1-3H3,(H,21,25). The van der Waals surface area contributed by atoms with Crippen LogP contribution in [0.1, 0.15) is 6.92 Å². The van der Waals surface area contributed by atoms with Crippen LogP contribution in [-0.4, -0.2) is 40.6 Å². The number of hydrogen-bond donors (Lipinski definition) is 1. The van der Waals surface area contributed by atoms with Crippen LogP contribution in [0.2, 0.25) is 0 Å². The first kappa shape index (κ1) is 19.8. The fourth-order valence-electron chi connectivity index (χ4n) is 2.70. The number of hydrogen-bond acceptors (Lipinski definition) is 6. The molecule has 0 aliphatic rings. The minimum Gasteiger partial charge on any atom is -0.497 e. The molecule has 0 aliphatic heterocycles. The molecule has 3 rings (SSSR count). The van der Waals surface area contributed by atoms with Gasteiger partial charge in [0.25, 0.3) is 0 Å². The highest BCUT2D eigenvalue weighted by Gasteiger charge is 2.15. The molecule has 1 amide bonds. The molecule has 3 aromatic rings. The van der Waals surface area contributed by atoms with Gasteiger partial charge >= 0.3 is 0 Å². The lowest BCUT2D eigenvalue weighted by atomic mass is 10.2. The van der Waals surface area contributed by atoms with Crippen molar-refractivity contribution in [3.8, 4) is 22.9 Å². The van der Waals surface area contributed by atoms with E-state index in [0.29, 0.717) is 28.9 Å². The molecule has 0 unspecified atom stereocenters. The van der Waals surface area contributed by atoms with Gasteiger partial charge in [-0.15, -0.1) is 10.2 Å². The zero-order valence-electron chi connectivity index (χ0n) is 16.0. The molecule has 7 nitrogen and oxygen atoms in total. The van der Waals surface area contributed by atoms with Crippen molar-refractivity contribution in [1.82, 2.24) is 14.8 Å². The summed E-state index contributed by atoms with van der Waals surface area (Å²) < 4.78 is 12.5. The number of ether oxygens (including phenoxy) is 2. The van der Waals surface area contributed by atoms with Crippen LogP contribution < -0.4 is 14.8 Å². The van der Waals surface area contributed by atoms with Crippen LogP contribution in [-0.2, 0) is 11.3 Å². The monoisotopic (exact) mass is 398 g/mol. The Kier molecular flexibility index (Phi) is 6.54. The number of nitrogens with zero attached hydrogens (tertiary/aromatic N) is 3. The first-order valence-corrected chi connectivity index (χ1v) is 9.78. The topological polar surface area (TPSA) is 78.3 Å². The third kappa shape index (κ3) is 4.45. The van der Waals surface area contributed by atoms with Gasteiger partial charge in [0.05, 0.1) is 25.7 Å². The summed E-state index contributed by atoms with van der Waals surface area (Å²) in [5.74, 6) is 2.06. The van der Waals surface area contributed by atoms with E-state index in [4.69, 9.17) is 9.47 Å². The minimum absolute atomic E-state index is 0.152. The fraction of sp³-hybridized carbons (Fsp3) is 0.250. The molecule has 0 spiro atoms. The molecule has 146 valence electrons. The largest absolute Gasteiger partial charge is 0.497 e. The summed E-state index contributed by atoms with van der Waals surface area (Å²) in [6.07, 6.45) is 0. The Labute approximate surface area is 168 Å². The van der Waals surface area contributed by atoms with Crippen molar-refractivity contribution < 1.29 is 14.3 Å². The van der Waals surface area contributed by atoms with E-state index in [1.165, 1.54) is 11.8 Å². The molecule has 2 aromatic carbocycles. The van der Waals surface area contributed by atoms with Gasteiger partial charge in [-0.05, 0) is 19.1 Å². The second-order valence-electron chi connectivity index (χ2n) is 5.82. The lowest BCUT2D eigenvalue weighted by molar-refractivity contribution is -0.113. The summed E-state index contributed by atoms with van der Waals surface area (Å²) in [7, 11) is 3.13. The molecule has 0 radical (unpaired) electrons. The minimum atomic E-state index is -0.152. The predicted octanol–water partition coefficient (Wildman–Crippen LogP) is 3.71. The number of thioether (sulfide) groups is 1. The van der Waals surface area contributed by atoms with Gasteiger partial charge < -0.3 is 19.4 Å². The van der Waals surface area contributed by atoms with Gasteiger partial charge in [-0.25, -0.2) is 0 Å². The average molecular weight is 398 g/mol. The summed E-state index contributed by atoms with van der Waals surface area (Å²) in [5.41, 5.74) is 1.59.